The molecule has 4 nitrogen and oxygen atoms in total. The van der Waals surface area contributed by atoms with Gasteiger partial charge in [0.05, 0.1) is 0 Å². The van der Waals surface area contributed by atoms with Gasteiger partial charge >= 0.3 is 0 Å². The second kappa shape index (κ2) is 6.34. The average molecular weight is 269 g/mol. The van der Waals surface area contributed by atoms with Gasteiger partial charge < -0.3 is 10.2 Å². The second-order valence-electron chi connectivity index (χ2n) is 4.72. The van der Waals surface area contributed by atoms with E-state index in [-0.39, 0.29) is 0 Å². The number of anilines is 1. The van der Waals surface area contributed by atoms with Crippen LogP contribution in [0, 0.1) is 0 Å². The maximum atomic E-state index is 6.10. The van der Waals surface area contributed by atoms with E-state index < -0.39 is 0 Å². The SMILES string of the molecule is CCc1c(Cl)ncnc1NC1CCCN(CC)C1. The lowest BCUT2D eigenvalue weighted by atomic mass is 10.1. The summed E-state index contributed by atoms with van der Waals surface area (Å²) in [6.07, 6.45) is 4.82. The molecule has 1 atom stereocenters. The summed E-state index contributed by atoms with van der Waals surface area (Å²) in [6, 6.07) is 0.468. The lowest BCUT2D eigenvalue weighted by molar-refractivity contribution is 0.226. The Hall–Kier alpha value is -0.870. The molecule has 1 aliphatic rings. The van der Waals surface area contributed by atoms with Crippen LogP contribution >= 0.6 is 11.6 Å². The first-order chi connectivity index (χ1) is 8.74. The molecule has 0 saturated carbocycles. The van der Waals surface area contributed by atoms with Gasteiger partial charge in [0.15, 0.2) is 0 Å². The third kappa shape index (κ3) is 3.12. The van der Waals surface area contributed by atoms with Crippen molar-refractivity contribution >= 4 is 17.4 Å². The average Bonchev–Trinajstić information content (AvgIpc) is 2.39. The molecule has 0 aromatic carbocycles. The zero-order chi connectivity index (χ0) is 13.0. The molecule has 1 fully saturated rings. The molecule has 1 saturated heterocycles. The predicted octanol–water partition coefficient (Wildman–Crippen LogP) is 2.59. The summed E-state index contributed by atoms with van der Waals surface area (Å²) in [5, 5.41) is 4.10. The molecule has 1 unspecified atom stereocenters. The van der Waals surface area contributed by atoms with Crippen LogP contribution in [0.25, 0.3) is 0 Å². The Labute approximate surface area is 114 Å². The highest BCUT2D eigenvalue weighted by Gasteiger charge is 2.20. The minimum atomic E-state index is 0.468. The topological polar surface area (TPSA) is 41.1 Å². The number of rotatable bonds is 4. The number of likely N-dealkylation sites (tertiary alicyclic amines) is 1. The van der Waals surface area contributed by atoms with Crippen LogP contribution in [-0.2, 0) is 6.42 Å². The molecule has 1 aliphatic heterocycles. The van der Waals surface area contributed by atoms with Crippen LogP contribution in [0.2, 0.25) is 5.15 Å². The van der Waals surface area contributed by atoms with E-state index in [0.717, 1.165) is 30.9 Å². The molecule has 100 valence electrons. The van der Waals surface area contributed by atoms with Crippen LogP contribution in [-0.4, -0.2) is 40.5 Å². The van der Waals surface area contributed by atoms with E-state index in [0.29, 0.717) is 11.2 Å². The first-order valence-corrected chi connectivity index (χ1v) is 7.10. The van der Waals surface area contributed by atoms with Crippen LogP contribution in [0.3, 0.4) is 0 Å². The maximum Gasteiger partial charge on any atom is 0.137 e. The Balaban J connectivity index is 2.07. The van der Waals surface area contributed by atoms with Crippen LogP contribution in [0.4, 0.5) is 5.82 Å². The molecule has 0 spiro atoms. The van der Waals surface area contributed by atoms with Gasteiger partial charge in [0.25, 0.3) is 0 Å². The summed E-state index contributed by atoms with van der Waals surface area (Å²) in [6.45, 7) is 7.70. The zero-order valence-electron chi connectivity index (χ0n) is 11.1. The molecular weight excluding hydrogens is 248 g/mol. The van der Waals surface area contributed by atoms with E-state index in [1.54, 1.807) is 0 Å². The summed E-state index contributed by atoms with van der Waals surface area (Å²) < 4.78 is 0. The molecule has 1 N–H and O–H groups in total. The van der Waals surface area contributed by atoms with Crippen molar-refractivity contribution in [1.82, 2.24) is 14.9 Å². The van der Waals surface area contributed by atoms with Gasteiger partial charge in [0.2, 0.25) is 0 Å². The van der Waals surface area contributed by atoms with Crippen molar-refractivity contribution in [3.63, 3.8) is 0 Å². The first kappa shape index (κ1) is 13.6. The van der Waals surface area contributed by atoms with E-state index >= 15 is 0 Å². The zero-order valence-corrected chi connectivity index (χ0v) is 11.9. The fraction of sp³-hybridized carbons (Fsp3) is 0.692. The van der Waals surface area contributed by atoms with Crippen molar-refractivity contribution in [2.75, 3.05) is 25.0 Å². The molecule has 0 bridgehead atoms. The number of nitrogens with zero attached hydrogens (tertiary/aromatic N) is 3. The summed E-state index contributed by atoms with van der Waals surface area (Å²) in [7, 11) is 0. The van der Waals surface area contributed by atoms with Crippen molar-refractivity contribution in [2.24, 2.45) is 0 Å². The molecular formula is C13H21ClN4. The highest BCUT2D eigenvalue weighted by Crippen LogP contribution is 2.22. The van der Waals surface area contributed by atoms with Crippen molar-refractivity contribution in [3.8, 4) is 0 Å². The quantitative estimate of drug-likeness (QED) is 0.853. The Morgan fingerprint density at radius 3 is 3.00 bits per heavy atom. The van der Waals surface area contributed by atoms with Gasteiger partial charge in [-0.3, -0.25) is 0 Å². The third-order valence-corrected chi connectivity index (χ3v) is 3.87. The third-order valence-electron chi connectivity index (χ3n) is 3.54. The molecule has 1 aromatic rings. The predicted molar refractivity (Wildman–Crippen MR) is 75.2 cm³/mol. The summed E-state index contributed by atoms with van der Waals surface area (Å²) in [4.78, 5) is 10.8. The lowest BCUT2D eigenvalue weighted by Crippen LogP contribution is -2.42. The van der Waals surface area contributed by atoms with Crippen LogP contribution < -0.4 is 5.32 Å². The molecule has 5 heteroatoms. The number of halogens is 1. The Morgan fingerprint density at radius 2 is 2.28 bits per heavy atom. The fourth-order valence-corrected chi connectivity index (χ4v) is 2.75. The monoisotopic (exact) mass is 268 g/mol. The van der Waals surface area contributed by atoms with Crippen LogP contribution in [0.5, 0.6) is 0 Å². The number of piperidine rings is 1. The normalized spacial score (nSPS) is 20.9. The Kier molecular flexibility index (Phi) is 4.78. The van der Waals surface area contributed by atoms with Gasteiger partial charge in [-0.1, -0.05) is 25.4 Å². The first-order valence-electron chi connectivity index (χ1n) is 6.72. The highest BCUT2D eigenvalue weighted by molar-refractivity contribution is 6.30. The van der Waals surface area contributed by atoms with Gasteiger partial charge in [-0.2, -0.15) is 0 Å². The summed E-state index contributed by atoms with van der Waals surface area (Å²) >= 11 is 6.10. The molecule has 2 rings (SSSR count). The number of hydrogen-bond acceptors (Lipinski definition) is 4. The molecule has 0 radical (unpaired) electrons. The highest BCUT2D eigenvalue weighted by atomic mass is 35.5. The van der Waals surface area contributed by atoms with E-state index in [9.17, 15) is 0 Å². The van der Waals surface area contributed by atoms with Crippen LogP contribution in [0.15, 0.2) is 6.33 Å². The van der Waals surface area contributed by atoms with Gasteiger partial charge in [-0.25, -0.2) is 9.97 Å². The van der Waals surface area contributed by atoms with Gasteiger partial charge in [0.1, 0.15) is 17.3 Å². The number of aromatic nitrogens is 2. The van der Waals surface area contributed by atoms with Crippen molar-refractivity contribution in [2.45, 2.75) is 39.2 Å². The van der Waals surface area contributed by atoms with Gasteiger partial charge in [-0.15, -0.1) is 0 Å². The Morgan fingerprint density at radius 1 is 1.44 bits per heavy atom. The van der Waals surface area contributed by atoms with E-state index in [1.165, 1.54) is 25.7 Å². The number of nitrogens with one attached hydrogen (secondary N) is 1. The largest absolute Gasteiger partial charge is 0.366 e. The second-order valence-corrected chi connectivity index (χ2v) is 5.08. The summed E-state index contributed by atoms with van der Waals surface area (Å²) in [5.41, 5.74) is 1.02. The summed E-state index contributed by atoms with van der Waals surface area (Å²) in [5.74, 6) is 0.903. The molecule has 0 aliphatic carbocycles. The van der Waals surface area contributed by atoms with Crippen molar-refractivity contribution < 1.29 is 0 Å². The standard InChI is InChI=1S/C13H21ClN4/c1-3-11-12(14)15-9-16-13(11)17-10-6-5-7-18(4-2)8-10/h9-10H,3-8H2,1-2H3,(H,15,16,17). The molecule has 1 aromatic heterocycles. The van der Waals surface area contributed by atoms with E-state index in [2.05, 4.69) is 34.0 Å². The maximum absolute atomic E-state index is 6.10. The van der Waals surface area contributed by atoms with Gasteiger partial charge in [0, 0.05) is 18.2 Å². The minimum absolute atomic E-state index is 0.468. The smallest absolute Gasteiger partial charge is 0.137 e. The van der Waals surface area contributed by atoms with E-state index in [1.807, 2.05) is 0 Å². The van der Waals surface area contributed by atoms with Gasteiger partial charge in [-0.05, 0) is 32.4 Å². The number of hydrogen-bond donors (Lipinski definition) is 1. The van der Waals surface area contributed by atoms with E-state index in [4.69, 9.17) is 11.6 Å². The fourth-order valence-electron chi connectivity index (χ4n) is 2.48. The molecule has 2 heterocycles. The van der Waals surface area contributed by atoms with Crippen molar-refractivity contribution in [1.29, 1.82) is 0 Å². The molecule has 0 amide bonds. The van der Waals surface area contributed by atoms with Crippen molar-refractivity contribution in [3.05, 3.63) is 17.0 Å². The Bertz CT molecular complexity index is 397. The minimum Gasteiger partial charge on any atom is -0.366 e. The lowest BCUT2D eigenvalue weighted by Gasteiger charge is -2.32. The van der Waals surface area contributed by atoms with Crippen LogP contribution in [0.1, 0.15) is 32.3 Å². The molecule has 18 heavy (non-hydrogen) atoms. The number of likely N-dealkylation sites (N-methyl/N-ethyl adjacent to an activating group) is 1.